The summed E-state index contributed by atoms with van der Waals surface area (Å²) in [7, 11) is 2.13. The first kappa shape index (κ1) is 11.6. The van der Waals surface area contributed by atoms with Crippen LogP contribution in [0.4, 0.5) is 0 Å². The highest BCUT2D eigenvalue weighted by Gasteiger charge is 2.18. The first-order valence-electron chi connectivity index (χ1n) is 6.97. The fourth-order valence-corrected chi connectivity index (χ4v) is 3.14. The Balaban J connectivity index is 1.88. The van der Waals surface area contributed by atoms with E-state index >= 15 is 0 Å². The van der Waals surface area contributed by atoms with Crippen LogP contribution in [0, 0.1) is 0 Å². The lowest BCUT2D eigenvalue weighted by atomic mass is 9.81. The van der Waals surface area contributed by atoms with Gasteiger partial charge in [0.1, 0.15) is 0 Å². The minimum Gasteiger partial charge on any atom is -0.351 e. The standard InChI is InChI=1S/C17H21N/c1-3-13-4-6-14(7-5-13)16-9-8-15-10-11-18(2)17(15)12-16/h3,8-12,14H,4-7H2,1-2H3. The molecule has 1 aliphatic carbocycles. The molecule has 2 aromatic rings. The third-order valence-corrected chi connectivity index (χ3v) is 4.42. The van der Waals surface area contributed by atoms with Crippen molar-refractivity contribution >= 4 is 10.9 Å². The summed E-state index contributed by atoms with van der Waals surface area (Å²) >= 11 is 0. The van der Waals surface area contributed by atoms with Crippen LogP contribution in [0.3, 0.4) is 0 Å². The van der Waals surface area contributed by atoms with Crippen LogP contribution in [0.5, 0.6) is 0 Å². The molecular weight excluding hydrogens is 218 g/mol. The van der Waals surface area contributed by atoms with E-state index in [1.807, 2.05) is 0 Å². The molecule has 1 aromatic heterocycles. The van der Waals surface area contributed by atoms with E-state index in [0.29, 0.717) is 0 Å². The Kier molecular flexibility index (Phi) is 2.99. The SMILES string of the molecule is CC=C1CCC(c2ccc3ccn(C)c3c2)CC1. The molecule has 0 aliphatic heterocycles. The number of benzene rings is 1. The molecule has 0 amide bonds. The Morgan fingerprint density at radius 2 is 1.94 bits per heavy atom. The first-order chi connectivity index (χ1) is 8.78. The van der Waals surface area contributed by atoms with Crippen LogP contribution in [-0.4, -0.2) is 4.57 Å². The van der Waals surface area contributed by atoms with E-state index in [0.717, 1.165) is 5.92 Å². The number of aryl methyl sites for hydroxylation is 1. The maximum Gasteiger partial charge on any atom is 0.0480 e. The second kappa shape index (κ2) is 4.64. The van der Waals surface area contributed by atoms with E-state index in [-0.39, 0.29) is 0 Å². The van der Waals surface area contributed by atoms with Crippen LogP contribution in [0.15, 0.2) is 42.1 Å². The molecule has 0 bridgehead atoms. The summed E-state index contributed by atoms with van der Waals surface area (Å²) in [6.07, 6.45) is 9.65. The van der Waals surface area contributed by atoms with Gasteiger partial charge in [0, 0.05) is 18.8 Å². The first-order valence-corrected chi connectivity index (χ1v) is 6.97. The average molecular weight is 239 g/mol. The lowest BCUT2D eigenvalue weighted by Crippen LogP contribution is -2.06. The fraction of sp³-hybridized carbons (Fsp3) is 0.412. The molecule has 1 saturated carbocycles. The predicted octanol–water partition coefficient (Wildman–Crippen LogP) is 4.78. The molecule has 3 rings (SSSR count). The summed E-state index contributed by atoms with van der Waals surface area (Å²) in [5, 5.41) is 1.35. The molecule has 94 valence electrons. The molecule has 1 aromatic carbocycles. The van der Waals surface area contributed by atoms with Crippen molar-refractivity contribution in [3.05, 3.63) is 47.7 Å². The number of aromatic nitrogens is 1. The van der Waals surface area contributed by atoms with E-state index in [2.05, 4.69) is 55.1 Å². The van der Waals surface area contributed by atoms with E-state index < -0.39 is 0 Å². The molecule has 1 heterocycles. The lowest BCUT2D eigenvalue weighted by Gasteiger charge is -2.24. The molecule has 0 spiro atoms. The van der Waals surface area contributed by atoms with Gasteiger partial charge in [0.15, 0.2) is 0 Å². The molecule has 0 saturated heterocycles. The van der Waals surface area contributed by atoms with Gasteiger partial charge in [0.05, 0.1) is 0 Å². The van der Waals surface area contributed by atoms with E-state index in [4.69, 9.17) is 0 Å². The van der Waals surface area contributed by atoms with Crippen molar-refractivity contribution in [3.63, 3.8) is 0 Å². The highest BCUT2D eigenvalue weighted by Crippen LogP contribution is 2.36. The molecule has 0 atom stereocenters. The van der Waals surface area contributed by atoms with E-state index in [9.17, 15) is 0 Å². The topological polar surface area (TPSA) is 4.93 Å². The van der Waals surface area contributed by atoms with Gasteiger partial charge in [-0.2, -0.15) is 0 Å². The van der Waals surface area contributed by atoms with Gasteiger partial charge in [0.25, 0.3) is 0 Å². The summed E-state index contributed by atoms with van der Waals surface area (Å²) in [5.41, 5.74) is 4.54. The normalized spacial score (nSPS) is 20.3. The number of fused-ring (bicyclic) bond motifs is 1. The number of hydrogen-bond donors (Lipinski definition) is 0. The van der Waals surface area contributed by atoms with Gasteiger partial charge < -0.3 is 4.57 Å². The van der Waals surface area contributed by atoms with Gasteiger partial charge in [0.2, 0.25) is 0 Å². The van der Waals surface area contributed by atoms with Crippen molar-refractivity contribution in [1.82, 2.24) is 4.57 Å². The largest absolute Gasteiger partial charge is 0.351 e. The van der Waals surface area contributed by atoms with Crippen molar-refractivity contribution < 1.29 is 0 Å². The maximum atomic E-state index is 2.39. The van der Waals surface area contributed by atoms with Crippen molar-refractivity contribution in [2.24, 2.45) is 7.05 Å². The fourth-order valence-electron chi connectivity index (χ4n) is 3.14. The van der Waals surface area contributed by atoms with Crippen LogP contribution < -0.4 is 0 Å². The van der Waals surface area contributed by atoms with Gasteiger partial charge >= 0.3 is 0 Å². The van der Waals surface area contributed by atoms with Crippen molar-refractivity contribution in [1.29, 1.82) is 0 Å². The van der Waals surface area contributed by atoms with Crippen LogP contribution in [0.2, 0.25) is 0 Å². The summed E-state index contributed by atoms with van der Waals surface area (Å²) in [6.45, 7) is 2.17. The van der Waals surface area contributed by atoms with Crippen molar-refractivity contribution in [2.45, 2.75) is 38.5 Å². The van der Waals surface area contributed by atoms with Gasteiger partial charge in [-0.05, 0) is 61.6 Å². The van der Waals surface area contributed by atoms with Crippen molar-refractivity contribution in [3.8, 4) is 0 Å². The number of allylic oxidation sites excluding steroid dienone is 2. The monoisotopic (exact) mass is 239 g/mol. The zero-order valence-electron chi connectivity index (χ0n) is 11.3. The van der Waals surface area contributed by atoms with E-state index in [1.165, 1.54) is 42.1 Å². The molecule has 0 N–H and O–H groups in total. The number of nitrogens with zero attached hydrogens (tertiary/aromatic N) is 1. The van der Waals surface area contributed by atoms with Gasteiger partial charge in [-0.25, -0.2) is 0 Å². The third-order valence-electron chi connectivity index (χ3n) is 4.42. The summed E-state index contributed by atoms with van der Waals surface area (Å²) in [6, 6.07) is 9.18. The summed E-state index contributed by atoms with van der Waals surface area (Å²) in [4.78, 5) is 0. The summed E-state index contributed by atoms with van der Waals surface area (Å²) in [5.74, 6) is 0.757. The van der Waals surface area contributed by atoms with Gasteiger partial charge in [-0.1, -0.05) is 23.8 Å². The Morgan fingerprint density at radius 1 is 1.17 bits per heavy atom. The van der Waals surface area contributed by atoms with Crippen LogP contribution in [0.25, 0.3) is 10.9 Å². The van der Waals surface area contributed by atoms with Crippen LogP contribution in [-0.2, 0) is 7.05 Å². The smallest absolute Gasteiger partial charge is 0.0480 e. The predicted molar refractivity (Wildman–Crippen MR) is 77.9 cm³/mol. The van der Waals surface area contributed by atoms with Gasteiger partial charge in [-0.15, -0.1) is 0 Å². The molecule has 18 heavy (non-hydrogen) atoms. The second-order valence-corrected chi connectivity index (χ2v) is 5.47. The highest BCUT2D eigenvalue weighted by molar-refractivity contribution is 5.80. The minimum atomic E-state index is 0.757. The number of hydrogen-bond acceptors (Lipinski definition) is 0. The molecule has 0 unspecified atom stereocenters. The zero-order valence-corrected chi connectivity index (χ0v) is 11.3. The molecule has 1 fully saturated rings. The third kappa shape index (κ3) is 1.98. The molecule has 1 heteroatoms. The minimum absolute atomic E-state index is 0.757. The van der Waals surface area contributed by atoms with E-state index in [1.54, 1.807) is 5.57 Å². The van der Waals surface area contributed by atoms with Gasteiger partial charge in [-0.3, -0.25) is 0 Å². The van der Waals surface area contributed by atoms with Crippen LogP contribution in [0.1, 0.15) is 44.1 Å². The molecular formula is C17H21N. The average Bonchev–Trinajstić information content (AvgIpc) is 2.80. The molecule has 0 radical (unpaired) electrons. The Labute approximate surface area is 109 Å². The Bertz CT molecular complexity index is 579. The van der Waals surface area contributed by atoms with Crippen LogP contribution >= 0.6 is 0 Å². The van der Waals surface area contributed by atoms with Crippen molar-refractivity contribution in [2.75, 3.05) is 0 Å². The zero-order chi connectivity index (χ0) is 12.5. The lowest BCUT2D eigenvalue weighted by molar-refractivity contribution is 0.516. The quantitative estimate of drug-likeness (QED) is 0.631. The molecule has 1 nitrogen and oxygen atoms in total. The highest BCUT2D eigenvalue weighted by atomic mass is 14.9. The Morgan fingerprint density at radius 3 is 2.67 bits per heavy atom. The number of rotatable bonds is 1. The second-order valence-electron chi connectivity index (χ2n) is 5.47. The maximum absolute atomic E-state index is 2.39. The Hall–Kier alpha value is -1.50. The molecule has 1 aliphatic rings. The summed E-state index contributed by atoms with van der Waals surface area (Å²) < 4.78 is 2.22.